The van der Waals surface area contributed by atoms with Crippen molar-refractivity contribution in [2.24, 2.45) is 5.73 Å². The van der Waals surface area contributed by atoms with Crippen LogP contribution in [0.5, 0.6) is 0 Å². The van der Waals surface area contributed by atoms with Gasteiger partial charge in [0.15, 0.2) is 0 Å². The Balaban J connectivity index is 0. The van der Waals surface area contributed by atoms with Crippen molar-refractivity contribution >= 4 is 17.8 Å². The van der Waals surface area contributed by atoms with Gasteiger partial charge in [-0.3, -0.25) is 14.4 Å². The standard InChI is InChI=1S/C6H10O4.C4H9NO/c7-5(8)3-1-2-4-6(9)10;1-2-3-4(5)6/h1-4H2,(H,7,8)(H,9,10);2-3H2,1H3,(H2,5,6). The van der Waals surface area contributed by atoms with E-state index in [0.717, 1.165) is 6.42 Å². The van der Waals surface area contributed by atoms with Crippen LogP contribution in [0.4, 0.5) is 0 Å². The predicted molar refractivity (Wildman–Crippen MR) is 57.8 cm³/mol. The van der Waals surface area contributed by atoms with Gasteiger partial charge in [0.05, 0.1) is 0 Å². The minimum atomic E-state index is -0.870. The number of hydrogen-bond donors (Lipinski definition) is 3. The highest BCUT2D eigenvalue weighted by molar-refractivity contribution is 5.73. The zero-order valence-electron chi connectivity index (χ0n) is 9.44. The number of amides is 1. The molecule has 1 amide bonds. The summed E-state index contributed by atoms with van der Waals surface area (Å²) in [6.45, 7) is 1.92. The average molecular weight is 233 g/mol. The van der Waals surface area contributed by atoms with Gasteiger partial charge in [-0.05, 0) is 19.3 Å². The number of rotatable bonds is 7. The molecule has 0 aliphatic heterocycles. The lowest BCUT2D eigenvalue weighted by Gasteiger charge is -1.92. The Labute approximate surface area is 94.4 Å². The highest BCUT2D eigenvalue weighted by Crippen LogP contribution is 1.98. The number of hydrogen-bond acceptors (Lipinski definition) is 3. The second-order valence-corrected chi connectivity index (χ2v) is 3.21. The van der Waals surface area contributed by atoms with Crippen LogP contribution < -0.4 is 5.73 Å². The van der Waals surface area contributed by atoms with Gasteiger partial charge in [0.2, 0.25) is 5.91 Å². The molecule has 0 saturated heterocycles. The molecule has 0 radical (unpaired) electrons. The number of unbranched alkanes of at least 4 members (excludes halogenated alkanes) is 1. The number of carboxylic acid groups (broad SMARTS) is 2. The molecule has 0 aliphatic rings. The fraction of sp³-hybridized carbons (Fsp3) is 0.700. The molecule has 94 valence electrons. The Hall–Kier alpha value is -1.59. The summed E-state index contributed by atoms with van der Waals surface area (Å²) in [5, 5.41) is 16.3. The van der Waals surface area contributed by atoms with E-state index in [1.54, 1.807) is 0 Å². The summed E-state index contributed by atoms with van der Waals surface area (Å²) in [6, 6.07) is 0. The SMILES string of the molecule is CCCC(N)=O.O=C(O)CCCCC(=O)O. The predicted octanol–water partition coefficient (Wildman–Crippen LogP) is 0.988. The Morgan fingerprint density at radius 3 is 1.44 bits per heavy atom. The molecule has 0 aromatic heterocycles. The van der Waals surface area contributed by atoms with E-state index < -0.39 is 11.9 Å². The second kappa shape index (κ2) is 11.5. The van der Waals surface area contributed by atoms with E-state index in [9.17, 15) is 14.4 Å². The zero-order chi connectivity index (χ0) is 13.0. The van der Waals surface area contributed by atoms with E-state index in [0.29, 0.717) is 19.3 Å². The van der Waals surface area contributed by atoms with Gasteiger partial charge in [-0.1, -0.05) is 6.92 Å². The van der Waals surface area contributed by atoms with Crippen molar-refractivity contribution in [1.82, 2.24) is 0 Å². The van der Waals surface area contributed by atoms with Gasteiger partial charge in [-0.25, -0.2) is 0 Å². The molecule has 0 bridgehead atoms. The first-order valence-corrected chi connectivity index (χ1v) is 5.12. The van der Waals surface area contributed by atoms with Crippen LogP contribution in [-0.4, -0.2) is 28.1 Å². The Bertz CT molecular complexity index is 211. The van der Waals surface area contributed by atoms with Gasteiger partial charge >= 0.3 is 11.9 Å². The Morgan fingerprint density at radius 1 is 0.938 bits per heavy atom. The lowest BCUT2D eigenvalue weighted by atomic mass is 10.2. The number of carboxylic acids is 2. The van der Waals surface area contributed by atoms with Gasteiger partial charge < -0.3 is 15.9 Å². The Kier molecular flexibility index (Phi) is 12.1. The van der Waals surface area contributed by atoms with Crippen molar-refractivity contribution < 1.29 is 24.6 Å². The van der Waals surface area contributed by atoms with Gasteiger partial charge in [-0.2, -0.15) is 0 Å². The average Bonchev–Trinajstić information content (AvgIpc) is 2.12. The summed E-state index contributed by atoms with van der Waals surface area (Å²) in [4.78, 5) is 29.6. The maximum atomic E-state index is 9.90. The van der Waals surface area contributed by atoms with Crippen LogP contribution in [0.25, 0.3) is 0 Å². The Morgan fingerprint density at radius 2 is 1.31 bits per heavy atom. The largest absolute Gasteiger partial charge is 0.481 e. The third-order valence-corrected chi connectivity index (χ3v) is 1.53. The molecular formula is C10H19NO5. The third kappa shape index (κ3) is 22.8. The van der Waals surface area contributed by atoms with Crippen LogP contribution in [0, 0.1) is 0 Å². The van der Waals surface area contributed by atoms with Crippen molar-refractivity contribution in [1.29, 1.82) is 0 Å². The van der Waals surface area contributed by atoms with Crippen molar-refractivity contribution in [3.63, 3.8) is 0 Å². The lowest BCUT2D eigenvalue weighted by molar-refractivity contribution is -0.139. The molecule has 4 N–H and O–H groups in total. The van der Waals surface area contributed by atoms with E-state index in [1.165, 1.54) is 0 Å². The molecule has 0 rings (SSSR count). The second-order valence-electron chi connectivity index (χ2n) is 3.21. The normalized spacial score (nSPS) is 8.81. The lowest BCUT2D eigenvalue weighted by Crippen LogP contribution is -2.08. The van der Waals surface area contributed by atoms with Gasteiger partial charge in [0.1, 0.15) is 0 Å². The van der Waals surface area contributed by atoms with E-state index >= 15 is 0 Å². The molecule has 6 nitrogen and oxygen atoms in total. The molecule has 0 aliphatic carbocycles. The molecule has 0 aromatic carbocycles. The molecule has 16 heavy (non-hydrogen) atoms. The molecule has 0 heterocycles. The summed E-state index contributed by atoms with van der Waals surface area (Å²) >= 11 is 0. The first kappa shape index (κ1) is 16.8. The summed E-state index contributed by atoms with van der Waals surface area (Å²) in [7, 11) is 0. The van der Waals surface area contributed by atoms with Crippen LogP contribution in [0.3, 0.4) is 0 Å². The molecule has 0 aromatic rings. The van der Waals surface area contributed by atoms with Crippen molar-refractivity contribution in [2.45, 2.75) is 45.4 Å². The molecule has 0 saturated carbocycles. The van der Waals surface area contributed by atoms with Crippen LogP contribution >= 0.6 is 0 Å². The van der Waals surface area contributed by atoms with Crippen LogP contribution in [0.2, 0.25) is 0 Å². The zero-order valence-corrected chi connectivity index (χ0v) is 9.44. The molecule has 0 atom stereocenters. The summed E-state index contributed by atoms with van der Waals surface area (Å²) in [6.07, 6.45) is 2.39. The molecule has 0 spiro atoms. The molecule has 6 heteroatoms. The van der Waals surface area contributed by atoms with Gasteiger partial charge in [0.25, 0.3) is 0 Å². The summed E-state index contributed by atoms with van der Waals surface area (Å²) in [5.41, 5.74) is 4.76. The van der Waals surface area contributed by atoms with E-state index in [2.05, 4.69) is 0 Å². The number of aliphatic carboxylic acids is 2. The minimum Gasteiger partial charge on any atom is -0.481 e. The van der Waals surface area contributed by atoms with Gasteiger partial charge in [0, 0.05) is 19.3 Å². The number of primary amides is 1. The van der Waals surface area contributed by atoms with E-state index in [4.69, 9.17) is 15.9 Å². The highest BCUT2D eigenvalue weighted by atomic mass is 16.4. The third-order valence-electron chi connectivity index (χ3n) is 1.53. The maximum absolute atomic E-state index is 9.90. The fourth-order valence-electron chi connectivity index (χ4n) is 0.799. The maximum Gasteiger partial charge on any atom is 0.303 e. The first-order chi connectivity index (χ1) is 7.40. The number of carbonyl (C=O) groups excluding carboxylic acids is 1. The van der Waals surface area contributed by atoms with Crippen molar-refractivity contribution in [3.8, 4) is 0 Å². The molecular weight excluding hydrogens is 214 g/mol. The topological polar surface area (TPSA) is 118 Å². The highest BCUT2D eigenvalue weighted by Gasteiger charge is 1.99. The smallest absolute Gasteiger partial charge is 0.303 e. The molecule has 0 fully saturated rings. The summed E-state index contributed by atoms with van der Waals surface area (Å²) < 4.78 is 0. The van der Waals surface area contributed by atoms with Crippen molar-refractivity contribution in [2.75, 3.05) is 0 Å². The number of nitrogens with two attached hydrogens (primary N) is 1. The van der Waals surface area contributed by atoms with Crippen LogP contribution in [0.15, 0.2) is 0 Å². The number of carbonyl (C=O) groups is 3. The fourth-order valence-corrected chi connectivity index (χ4v) is 0.799. The minimum absolute atomic E-state index is 0.0628. The summed E-state index contributed by atoms with van der Waals surface area (Å²) in [5.74, 6) is -1.95. The monoisotopic (exact) mass is 233 g/mol. The first-order valence-electron chi connectivity index (χ1n) is 5.12. The molecule has 0 unspecified atom stereocenters. The van der Waals surface area contributed by atoms with Crippen molar-refractivity contribution in [3.05, 3.63) is 0 Å². The van der Waals surface area contributed by atoms with E-state index in [1.807, 2.05) is 6.92 Å². The van der Waals surface area contributed by atoms with Crippen LogP contribution in [-0.2, 0) is 14.4 Å². The quantitative estimate of drug-likeness (QED) is 0.566. The van der Waals surface area contributed by atoms with Gasteiger partial charge in [-0.15, -0.1) is 0 Å². The van der Waals surface area contributed by atoms with Crippen LogP contribution in [0.1, 0.15) is 45.4 Å². The van der Waals surface area contributed by atoms with E-state index in [-0.39, 0.29) is 18.7 Å².